The van der Waals surface area contributed by atoms with Crippen molar-refractivity contribution in [1.82, 2.24) is 10.3 Å². The smallest absolute Gasteiger partial charge is 0.235 e. The number of nitrogens with zero attached hydrogens (tertiary/aromatic N) is 1. The number of rotatable bonds is 3. The Bertz CT molecular complexity index is 189. The first kappa shape index (κ1) is 11.8. The lowest BCUT2D eigenvalue weighted by Gasteiger charge is -2.21. The molecule has 1 aliphatic heterocycles. The molecule has 1 amide bonds. The van der Waals surface area contributed by atoms with Crippen molar-refractivity contribution >= 4 is 17.7 Å². The van der Waals surface area contributed by atoms with Gasteiger partial charge in [0, 0.05) is 31.8 Å². The molecule has 0 saturated carbocycles. The number of thioether (sulfide) groups is 1. The van der Waals surface area contributed by atoms with Crippen molar-refractivity contribution in [2.75, 3.05) is 31.1 Å². The van der Waals surface area contributed by atoms with Crippen molar-refractivity contribution in [2.24, 2.45) is 11.8 Å². The standard InChI is InChI=1S/C9H19N3OS/c1-8-6-12(4-5-14-7-8)3-2-9(13)11-10/h8H,2-7,10H2,1H3,(H,11,13). The van der Waals surface area contributed by atoms with E-state index >= 15 is 0 Å². The summed E-state index contributed by atoms with van der Waals surface area (Å²) in [7, 11) is 0. The molecule has 3 N–H and O–H groups in total. The fourth-order valence-electron chi connectivity index (χ4n) is 1.60. The molecule has 4 nitrogen and oxygen atoms in total. The first-order valence-corrected chi connectivity index (χ1v) is 6.17. The van der Waals surface area contributed by atoms with E-state index in [0.29, 0.717) is 6.42 Å². The van der Waals surface area contributed by atoms with E-state index in [1.165, 1.54) is 11.5 Å². The predicted octanol–water partition coefficient (Wildman–Crippen LogP) is 0.0513. The summed E-state index contributed by atoms with van der Waals surface area (Å²) in [5.41, 5.74) is 2.16. The van der Waals surface area contributed by atoms with Gasteiger partial charge in [0.2, 0.25) is 5.91 Å². The molecule has 1 rings (SSSR count). The van der Waals surface area contributed by atoms with Gasteiger partial charge in [0.05, 0.1) is 0 Å². The van der Waals surface area contributed by atoms with Gasteiger partial charge < -0.3 is 4.90 Å². The molecule has 0 aliphatic carbocycles. The molecule has 0 radical (unpaired) electrons. The monoisotopic (exact) mass is 217 g/mol. The van der Waals surface area contributed by atoms with Crippen molar-refractivity contribution in [3.05, 3.63) is 0 Å². The molecule has 1 atom stereocenters. The van der Waals surface area contributed by atoms with E-state index in [-0.39, 0.29) is 5.91 Å². The third kappa shape index (κ3) is 4.30. The highest BCUT2D eigenvalue weighted by atomic mass is 32.2. The molecule has 0 aromatic heterocycles. The van der Waals surface area contributed by atoms with Gasteiger partial charge in [0.1, 0.15) is 0 Å². The molecule has 1 saturated heterocycles. The van der Waals surface area contributed by atoms with E-state index in [1.807, 2.05) is 11.8 Å². The van der Waals surface area contributed by atoms with E-state index in [0.717, 1.165) is 25.6 Å². The Balaban J connectivity index is 2.24. The van der Waals surface area contributed by atoms with E-state index < -0.39 is 0 Å². The van der Waals surface area contributed by atoms with Crippen molar-refractivity contribution in [2.45, 2.75) is 13.3 Å². The highest BCUT2D eigenvalue weighted by Crippen LogP contribution is 2.15. The van der Waals surface area contributed by atoms with Crippen LogP contribution in [0.2, 0.25) is 0 Å². The first-order chi connectivity index (χ1) is 6.72. The summed E-state index contributed by atoms with van der Waals surface area (Å²) in [4.78, 5) is 13.3. The fourth-order valence-corrected chi connectivity index (χ4v) is 2.66. The predicted molar refractivity (Wildman–Crippen MR) is 59.9 cm³/mol. The van der Waals surface area contributed by atoms with Crippen LogP contribution in [0.3, 0.4) is 0 Å². The molecule has 82 valence electrons. The van der Waals surface area contributed by atoms with Crippen LogP contribution in [0.15, 0.2) is 0 Å². The first-order valence-electron chi connectivity index (χ1n) is 5.02. The molecule has 0 aromatic carbocycles. The van der Waals surface area contributed by atoms with Crippen LogP contribution in [0.25, 0.3) is 0 Å². The zero-order valence-electron chi connectivity index (χ0n) is 8.66. The zero-order chi connectivity index (χ0) is 10.4. The summed E-state index contributed by atoms with van der Waals surface area (Å²) in [5.74, 6) is 8.09. The Morgan fingerprint density at radius 2 is 2.50 bits per heavy atom. The zero-order valence-corrected chi connectivity index (χ0v) is 9.48. The molecule has 0 spiro atoms. The number of nitrogens with one attached hydrogen (secondary N) is 1. The van der Waals surface area contributed by atoms with Gasteiger partial charge in [-0.15, -0.1) is 0 Å². The van der Waals surface area contributed by atoms with Crippen LogP contribution in [0.5, 0.6) is 0 Å². The van der Waals surface area contributed by atoms with Crippen LogP contribution < -0.4 is 11.3 Å². The van der Waals surface area contributed by atoms with Gasteiger partial charge in [-0.05, 0) is 11.7 Å². The number of hydrazine groups is 1. The second-order valence-electron chi connectivity index (χ2n) is 3.80. The number of hydrogen-bond donors (Lipinski definition) is 2. The van der Waals surface area contributed by atoms with Gasteiger partial charge in [-0.25, -0.2) is 5.84 Å². The topological polar surface area (TPSA) is 58.4 Å². The van der Waals surface area contributed by atoms with Crippen LogP contribution >= 0.6 is 11.8 Å². The molecule has 5 heteroatoms. The van der Waals surface area contributed by atoms with Crippen LogP contribution in [-0.2, 0) is 4.79 Å². The van der Waals surface area contributed by atoms with Gasteiger partial charge in [-0.1, -0.05) is 6.92 Å². The van der Waals surface area contributed by atoms with Crippen molar-refractivity contribution < 1.29 is 4.79 Å². The molecular weight excluding hydrogens is 198 g/mol. The van der Waals surface area contributed by atoms with Gasteiger partial charge >= 0.3 is 0 Å². The maximum absolute atomic E-state index is 11.0. The summed E-state index contributed by atoms with van der Waals surface area (Å²) >= 11 is 2.00. The number of nitrogens with two attached hydrogens (primary N) is 1. The molecule has 1 aliphatic rings. The molecule has 14 heavy (non-hydrogen) atoms. The average Bonchev–Trinajstić information content (AvgIpc) is 2.39. The van der Waals surface area contributed by atoms with Gasteiger partial charge in [-0.2, -0.15) is 11.8 Å². The van der Waals surface area contributed by atoms with Crippen LogP contribution in [0.1, 0.15) is 13.3 Å². The highest BCUT2D eigenvalue weighted by molar-refractivity contribution is 7.99. The second kappa shape index (κ2) is 6.27. The number of hydrogen-bond acceptors (Lipinski definition) is 4. The largest absolute Gasteiger partial charge is 0.302 e. The third-order valence-electron chi connectivity index (χ3n) is 2.34. The van der Waals surface area contributed by atoms with E-state index in [9.17, 15) is 4.79 Å². The van der Waals surface area contributed by atoms with E-state index in [4.69, 9.17) is 5.84 Å². The Morgan fingerprint density at radius 1 is 1.71 bits per heavy atom. The summed E-state index contributed by atoms with van der Waals surface area (Å²) in [6.07, 6.45) is 0.508. The summed E-state index contributed by atoms with van der Waals surface area (Å²) in [6, 6.07) is 0. The average molecular weight is 217 g/mol. The number of amides is 1. The van der Waals surface area contributed by atoms with Crippen LogP contribution in [0, 0.1) is 5.92 Å². The highest BCUT2D eigenvalue weighted by Gasteiger charge is 2.15. The summed E-state index contributed by atoms with van der Waals surface area (Å²) < 4.78 is 0. The second-order valence-corrected chi connectivity index (χ2v) is 4.95. The quantitative estimate of drug-likeness (QED) is 0.398. The number of carbonyl (C=O) groups is 1. The van der Waals surface area contributed by atoms with Crippen LogP contribution in [0.4, 0.5) is 0 Å². The molecule has 1 heterocycles. The SMILES string of the molecule is CC1CSCCN(CCC(=O)NN)C1. The van der Waals surface area contributed by atoms with E-state index in [1.54, 1.807) is 0 Å². The minimum absolute atomic E-state index is 0.0745. The Labute approximate surface area is 89.6 Å². The normalized spacial score (nSPS) is 24.3. The van der Waals surface area contributed by atoms with Gasteiger partial charge in [0.15, 0.2) is 0 Å². The lowest BCUT2D eigenvalue weighted by atomic mass is 10.2. The maximum Gasteiger partial charge on any atom is 0.235 e. The van der Waals surface area contributed by atoms with E-state index in [2.05, 4.69) is 17.2 Å². The minimum Gasteiger partial charge on any atom is -0.302 e. The maximum atomic E-state index is 11.0. The molecule has 1 unspecified atom stereocenters. The lowest BCUT2D eigenvalue weighted by Crippen LogP contribution is -2.36. The van der Waals surface area contributed by atoms with Crippen LogP contribution in [-0.4, -0.2) is 41.9 Å². The lowest BCUT2D eigenvalue weighted by molar-refractivity contribution is -0.121. The third-order valence-corrected chi connectivity index (χ3v) is 3.62. The van der Waals surface area contributed by atoms with Crippen molar-refractivity contribution in [3.63, 3.8) is 0 Å². The minimum atomic E-state index is -0.0745. The Morgan fingerprint density at radius 3 is 3.21 bits per heavy atom. The van der Waals surface area contributed by atoms with Gasteiger partial charge in [-0.3, -0.25) is 10.2 Å². The Kier molecular flexibility index (Phi) is 5.29. The number of carbonyl (C=O) groups excluding carboxylic acids is 1. The summed E-state index contributed by atoms with van der Waals surface area (Å²) in [6.45, 7) is 5.28. The van der Waals surface area contributed by atoms with Gasteiger partial charge in [0.25, 0.3) is 0 Å². The summed E-state index contributed by atoms with van der Waals surface area (Å²) in [5, 5.41) is 0. The molecule has 0 bridgehead atoms. The molecule has 0 aromatic rings. The molecule has 1 fully saturated rings. The Hall–Kier alpha value is -0.260. The van der Waals surface area contributed by atoms with Crippen molar-refractivity contribution in [3.8, 4) is 0 Å². The fraction of sp³-hybridized carbons (Fsp3) is 0.889. The van der Waals surface area contributed by atoms with Crippen molar-refractivity contribution in [1.29, 1.82) is 0 Å². The molecular formula is C9H19N3OS.